The fraction of sp³-hybridized carbons (Fsp3) is 0.533. The highest BCUT2D eigenvalue weighted by molar-refractivity contribution is 5.78. The van der Waals surface area contributed by atoms with Crippen LogP contribution in [0.2, 0.25) is 0 Å². The smallest absolute Gasteiger partial charge is 0.260 e. The molecule has 2 rings (SSSR count). The molecule has 0 spiro atoms. The molecule has 4 heteroatoms. The Balaban J connectivity index is 1.89. The van der Waals surface area contributed by atoms with Gasteiger partial charge >= 0.3 is 0 Å². The standard InChI is InChI=1S/C15H21NO3/c1-11-6-4-5-7-14(11)18-10-15(17)16-8-12(2)19-13(3)9-16/h4-7,12-13H,8-10H2,1-3H3. The van der Waals surface area contributed by atoms with E-state index in [1.54, 1.807) is 0 Å². The zero-order valence-corrected chi connectivity index (χ0v) is 11.8. The fourth-order valence-corrected chi connectivity index (χ4v) is 2.33. The van der Waals surface area contributed by atoms with Crippen LogP contribution in [-0.4, -0.2) is 42.7 Å². The van der Waals surface area contributed by atoms with Gasteiger partial charge in [0.15, 0.2) is 6.61 Å². The summed E-state index contributed by atoms with van der Waals surface area (Å²) in [5.41, 5.74) is 1.04. The average molecular weight is 263 g/mol. The Morgan fingerprint density at radius 3 is 2.58 bits per heavy atom. The molecule has 1 aliphatic rings. The number of hydrogen-bond acceptors (Lipinski definition) is 3. The number of ether oxygens (including phenoxy) is 2. The molecule has 0 aromatic heterocycles. The number of carbonyl (C=O) groups is 1. The normalized spacial score (nSPS) is 23.2. The first-order chi connectivity index (χ1) is 9.06. The van der Waals surface area contributed by atoms with Crippen LogP contribution in [0.15, 0.2) is 24.3 Å². The summed E-state index contributed by atoms with van der Waals surface area (Å²) in [6.07, 6.45) is 0.178. The van der Waals surface area contributed by atoms with E-state index in [1.165, 1.54) is 0 Å². The molecule has 4 nitrogen and oxygen atoms in total. The molecule has 0 aliphatic carbocycles. The lowest BCUT2D eigenvalue weighted by Crippen LogP contribution is -2.49. The molecule has 1 saturated heterocycles. The Kier molecular flexibility index (Phi) is 4.43. The number of morpholine rings is 1. The van der Waals surface area contributed by atoms with Crippen molar-refractivity contribution in [2.24, 2.45) is 0 Å². The van der Waals surface area contributed by atoms with Gasteiger partial charge in [-0.25, -0.2) is 0 Å². The Morgan fingerprint density at radius 1 is 1.32 bits per heavy atom. The molecule has 0 bridgehead atoms. The number of rotatable bonds is 3. The lowest BCUT2D eigenvalue weighted by molar-refractivity contribution is -0.145. The van der Waals surface area contributed by atoms with Gasteiger partial charge in [-0.1, -0.05) is 18.2 Å². The minimum absolute atomic E-state index is 0.0188. The molecular weight excluding hydrogens is 242 g/mol. The zero-order chi connectivity index (χ0) is 13.8. The van der Waals surface area contributed by atoms with Gasteiger partial charge in [0.1, 0.15) is 5.75 Å². The number of aryl methyl sites for hydroxylation is 1. The third-order valence-electron chi connectivity index (χ3n) is 3.22. The molecule has 1 amide bonds. The van der Waals surface area contributed by atoms with Gasteiger partial charge in [0, 0.05) is 13.1 Å². The molecule has 19 heavy (non-hydrogen) atoms. The van der Waals surface area contributed by atoms with Crippen molar-refractivity contribution in [3.8, 4) is 5.75 Å². The molecular formula is C15H21NO3. The first-order valence-electron chi connectivity index (χ1n) is 6.68. The minimum Gasteiger partial charge on any atom is -0.484 e. The topological polar surface area (TPSA) is 38.8 Å². The first-order valence-corrected chi connectivity index (χ1v) is 6.68. The van der Waals surface area contributed by atoms with Crippen LogP contribution in [0.1, 0.15) is 19.4 Å². The van der Waals surface area contributed by atoms with E-state index in [0.29, 0.717) is 13.1 Å². The van der Waals surface area contributed by atoms with Crippen LogP contribution in [0.3, 0.4) is 0 Å². The molecule has 0 N–H and O–H groups in total. The summed E-state index contributed by atoms with van der Waals surface area (Å²) in [5, 5.41) is 0. The monoisotopic (exact) mass is 263 g/mol. The van der Waals surface area contributed by atoms with Crippen LogP contribution in [0.5, 0.6) is 5.75 Å². The van der Waals surface area contributed by atoms with Crippen molar-refractivity contribution in [1.82, 2.24) is 4.90 Å². The zero-order valence-electron chi connectivity index (χ0n) is 11.8. The number of benzene rings is 1. The van der Waals surface area contributed by atoms with Crippen LogP contribution in [0.25, 0.3) is 0 Å². The molecule has 1 aromatic carbocycles. The second-order valence-corrected chi connectivity index (χ2v) is 5.11. The molecule has 0 saturated carbocycles. The van der Waals surface area contributed by atoms with Crippen molar-refractivity contribution in [2.45, 2.75) is 33.0 Å². The molecule has 2 atom stereocenters. The third kappa shape index (κ3) is 3.70. The maximum absolute atomic E-state index is 12.1. The highest BCUT2D eigenvalue weighted by Crippen LogP contribution is 2.17. The number of para-hydroxylation sites is 1. The second-order valence-electron chi connectivity index (χ2n) is 5.11. The van der Waals surface area contributed by atoms with Gasteiger partial charge in [0.05, 0.1) is 12.2 Å². The number of hydrogen-bond donors (Lipinski definition) is 0. The van der Waals surface area contributed by atoms with Crippen molar-refractivity contribution in [2.75, 3.05) is 19.7 Å². The van der Waals surface area contributed by atoms with Gasteiger partial charge in [-0.15, -0.1) is 0 Å². The predicted molar refractivity (Wildman–Crippen MR) is 73.3 cm³/mol. The highest BCUT2D eigenvalue weighted by atomic mass is 16.5. The Hall–Kier alpha value is -1.55. The quantitative estimate of drug-likeness (QED) is 0.837. The van der Waals surface area contributed by atoms with E-state index in [9.17, 15) is 4.79 Å². The van der Waals surface area contributed by atoms with Gasteiger partial charge in [0.25, 0.3) is 5.91 Å². The number of amides is 1. The maximum atomic E-state index is 12.1. The molecule has 0 radical (unpaired) electrons. The lowest BCUT2D eigenvalue weighted by atomic mass is 10.2. The van der Waals surface area contributed by atoms with E-state index in [1.807, 2.05) is 49.9 Å². The highest BCUT2D eigenvalue weighted by Gasteiger charge is 2.25. The summed E-state index contributed by atoms with van der Waals surface area (Å²) >= 11 is 0. The summed E-state index contributed by atoms with van der Waals surface area (Å²) in [4.78, 5) is 13.9. The third-order valence-corrected chi connectivity index (χ3v) is 3.22. The van der Waals surface area contributed by atoms with Crippen molar-refractivity contribution in [1.29, 1.82) is 0 Å². The predicted octanol–water partition coefficient (Wildman–Crippen LogP) is 2.01. The second kappa shape index (κ2) is 6.06. The van der Waals surface area contributed by atoms with E-state index in [0.717, 1.165) is 11.3 Å². The van der Waals surface area contributed by atoms with Gasteiger partial charge < -0.3 is 14.4 Å². The molecule has 104 valence electrons. The fourth-order valence-electron chi connectivity index (χ4n) is 2.33. The van der Waals surface area contributed by atoms with E-state index in [4.69, 9.17) is 9.47 Å². The lowest BCUT2D eigenvalue weighted by Gasteiger charge is -2.35. The summed E-state index contributed by atoms with van der Waals surface area (Å²) in [5.74, 6) is 0.787. The van der Waals surface area contributed by atoms with Crippen LogP contribution in [0.4, 0.5) is 0 Å². The van der Waals surface area contributed by atoms with Crippen molar-refractivity contribution in [3.05, 3.63) is 29.8 Å². The summed E-state index contributed by atoms with van der Waals surface area (Å²) in [6.45, 7) is 7.31. The van der Waals surface area contributed by atoms with Crippen LogP contribution >= 0.6 is 0 Å². The van der Waals surface area contributed by atoms with Crippen LogP contribution in [0, 0.1) is 6.92 Å². The number of carbonyl (C=O) groups excluding carboxylic acids is 1. The Morgan fingerprint density at radius 2 is 1.95 bits per heavy atom. The van der Waals surface area contributed by atoms with Gasteiger partial charge in [0.2, 0.25) is 0 Å². The summed E-state index contributed by atoms with van der Waals surface area (Å²) in [7, 11) is 0. The minimum atomic E-state index is 0.0188. The van der Waals surface area contributed by atoms with Gasteiger partial charge in [-0.3, -0.25) is 4.79 Å². The SMILES string of the molecule is Cc1ccccc1OCC(=O)N1CC(C)OC(C)C1. The molecule has 1 aliphatic heterocycles. The van der Waals surface area contributed by atoms with Gasteiger partial charge in [-0.2, -0.15) is 0 Å². The molecule has 1 fully saturated rings. The van der Waals surface area contributed by atoms with Crippen LogP contribution in [-0.2, 0) is 9.53 Å². The van der Waals surface area contributed by atoms with E-state index in [-0.39, 0.29) is 24.7 Å². The summed E-state index contributed by atoms with van der Waals surface area (Å²) in [6, 6.07) is 7.72. The maximum Gasteiger partial charge on any atom is 0.260 e. The van der Waals surface area contributed by atoms with Crippen molar-refractivity contribution in [3.63, 3.8) is 0 Å². The Labute approximate surface area is 114 Å². The molecule has 2 unspecified atom stereocenters. The van der Waals surface area contributed by atoms with E-state index < -0.39 is 0 Å². The molecule has 1 aromatic rings. The largest absolute Gasteiger partial charge is 0.484 e. The first kappa shape index (κ1) is 13.9. The van der Waals surface area contributed by atoms with E-state index in [2.05, 4.69) is 0 Å². The van der Waals surface area contributed by atoms with Crippen LogP contribution < -0.4 is 4.74 Å². The number of nitrogens with zero attached hydrogens (tertiary/aromatic N) is 1. The Bertz CT molecular complexity index is 437. The van der Waals surface area contributed by atoms with Crippen molar-refractivity contribution >= 4 is 5.91 Å². The summed E-state index contributed by atoms with van der Waals surface area (Å²) < 4.78 is 11.2. The molecule has 1 heterocycles. The van der Waals surface area contributed by atoms with E-state index >= 15 is 0 Å². The van der Waals surface area contributed by atoms with Gasteiger partial charge in [-0.05, 0) is 32.4 Å². The average Bonchev–Trinajstić information content (AvgIpc) is 2.36. The van der Waals surface area contributed by atoms with Crippen molar-refractivity contribution < 1.29 is 14.3 Å².